The highest BCUT2D eigenvalue weighted by Crippen LogP contribution is 2.31. The highest BCUT2D eigenvalue weighted by molar-refractivity contribution is 6.35. The predicted octanol–water partition coefficient (Wildman–Crippen LogP) is 1.37. The lowest BCUT2D eigenvalue weighted by Crippen LogP contribution is -2.51. The maximum absolute atomic E-state index is 12.9. The summed E-state index contributed by atoms with van der Waals surface area (Å²) in [6.45, 7) is 3.71. The normalized spacial score (nSPS) is 14.7. The van der Waals surface area contributed by atoms with Crippen LogP contribution >= 0.6 is 11.6 Å². The van der Waals surface area contributed by atoms with E-state index in [1.165, 1.54) is 11.0 Å². The van der Waals surface area contributed by atoms with E-state index in [1.54, 1.807) is 15.9 Å². The van der Waals surface area contributed by atoms with E-state index in [9.17, 15) is 9.59 Å². The number of furan rings is 1. The average molecular weight is 389 g/mol. The number of aryl methyl sites for hydroxylation is 1. The van der Waals surface area contributed by atoms with Crippen LogP contribution in [0.5, 0.6) is 0 Å². The Hall–Kier alpha value is -2.94. The first-order valence-corrected chi connectivity index (χ1v) is 8.88. The second-order valence-electron chi connectivity index (χ2n) is 6.35. The summed E-state index contributed by atoms with van der Waals surface area (Å²) in [4.78, 5) is 28.6. The molecule has 0 aliphatic carbocycles. The molecule has 0 bridgehead atoms. The van der Waals surface area contributed by atoms with Gasteiger partial charge in [0.2, 0.25) is 5.91 Å². The topological polar surface area (TPSA) is 97.4 Å². The van der Waals surface area contributed by atoms with Crippen molar-refractivity contribution in [2.24, 2.45) is 0 Å². The molecule has 1 fully saturated rings. The molecular weight excluding hydrogens is 372 g/mol. The first-order chi connectivity index (χ1) is 13.0. The van der Waals surface area contributed by atoms with E-state index < -0.39 is 0 Å². The molecule has 3 aromatic rings. The lowest BCUT2D eigenvalue weighted by molar-refractivity contribution is -0.133. The van der Waals surface area contributed by atoms with Crippen LogP contribution in [-0.2, 0) is 11.3 Å². The van der Waals surface area contributed by atoms with Gasteiger partial charge in [-0.05, 0) is 23.4 Å². The Morgan fingerprint density at radius 2 is 1.93 bits per heavy atom. The van der Waals surface area contributed by atoms with E-state index in [0.29, 0.717) is 42.5 Å². The maximum atomic E-state index is 12.9. The smallest absolute Gasteiger partial charge is 0.290 e. The summed E-state index contributed by atoms with van der Waals surface area (Å²) in [5.41, 5.74) is 1.30. The third-order valence-corrected chi connectivity index (χ3v) is 5.02. The number of nitrogens with zero attached hydrogens (tertiary/aromatic N) is 6. The summed E-state index contributed by atoms with van der Waals surface area (Å²) in [6.07, 6.45) is 1.40. The Balaban J connectivity index is 1.44. The summed E-state index contributed by atoms with van der Waals surface area (Å²) in [6, 6.07) is 5.44. The molecule has 1 aromatic carbocycles. The van der Waals surface area contributed by atoms with E-state index in [1.807, 2.05) is 19.1 Å². The minimum atomic E-state index is -0.188. The standard InChI is InChI=1S/C17H17ClN6O3/c1-11-12-3-2-4-13(18)16(12)27-15(11)17(26)23-7-5-22(6-8-23)14(25)9-24-10-19-20-21-24/h2-4,10H,5-9H2,1H3. The van der Waals surface area contributed by atoms with Gasteiger partial charge in [-0.3, -0.25) is 9.59 Å². The van der Waals surface area contributed by atoms with Gasteiger partial charge in [0.05, 0.1) is 5.02 Å². The van der Waals surface area contributed by atoms with Gasteiger partial charge in [-0.15, -0.1) is 5.10 Å². The van der Waals surface area contributed by atoms with Gasteiger partial charge in [0.25, 0.3) is 5.91 Å². The van der Waals surface area contributed by atoms with Crippen molar-refractivity contribution in [1.82, 2.24) is 30.0 Å². The van der Waals surface area contributed by atoms with E-state index >= 15 is 0 Å². The second kappa shape index (κ2) is 6.99. The minimum Gasteiger partial charge on any atom is -0.449 e. The fourth-order valence-corrected chi connectivity index (χ4v) is 3.42. The number of piperazine rings is 1. The Morgan fingerprint density at radius 1 is 1.19 bits per heavy atom. The van der Waals surface area contributed by atoms with Crippen LogP contribution in [0.25, 0.3) is 11.0 Å². The minimum absolute atomic E-state index is 0.0823. The van der Waals surface area contributed by atoms with Gasteiger partial charge in [0, 0.05) is 37.1 Å². The molecule has 1 saturated heterocycles. The van der Waals surface area contributed by atoms with Crippen molar-refractivity contribution in [3.05, 3.63) is 40.9 Å². The van der Waals surface area contributed by atoms with Gasteiger partial charge in [-0.25, -0.2) is 4.68 Å². The number of hydrogen-bond acceptors (Lipinski definition) is 6. The van der Waals surface area contributed by atoms with Gasteiger partial charge >= 0.3 is 0 Å². The van der Waals surface area contributed by atoms with Crippen LogP contribution in [0.15, 0.2) is 28.9 Å². The SMILES string of the molecule is Cc1c(C(=O)N2CCN(C(=O)Cn3cnnn3)CC2)oc2c(Cl)cccc12. The fourth-order valence-electron chi connectivity index (χ4n) is 3.21. The average Bonchev–Trinajstić information content (AvgIpc) is 3.30. The van der Waals surface area contributed by atoms with Crippen LogP contribution in [0.4, 0.5) is 0 Å². The summed E-state index contributed by atoms with van der Waals surface area (Å²) in [5.74, 6) is 0.0278. The number of carbonyl (C=O) groups is 2. The van der Waals surface area contributed by atoms with Crippen molar-refractivity contribution in [2.45, 2.75) is 13.5 Å². The Morgan fingerprint density at radius 3 is 2.59 bits per heavy atom. The number of tetrazole rings is 1. The number of halogens is 1. The van der Waals surface area contributed by atoms with E-state index in [0.717, 1.165) is 10.9 Å². The van der Waals surface area contributed by atoms with Gasteiger partial charge in [0.15, 0.2) is 11.3 Å². The number of para-hydroxylation sites is 1. The number of rotatable bonds is 3. The summed E-state index contributed by atoms with van der Waals surface area (Å²) >= 11 is 6.17. The van der Waals surface area contributed by atoms with Crippen LogP contribution in [0.2, 0.25) is 5.02 Å². The third kappa shape index (κ3) is 3.25. The van der Waals surface area contributed by atoms with Crippen LogP contribution in [0.1, 0.15) is 16.1 Å². The molecule has 3 heterocycles. The molecule has 0 N–H and O–H groups in total. The van der Waals surface area contributed by atoms with Crippen molar-refractivity contribution >= 4 is 34.4 Å². The Bertz CT molecular complexity index is 992. The molecule has 27 heavy (non-hydrogen) atoms. The van der Waals surface area contributed by atoms with Gasteiger partial charge in [-0.1, -0.05) is 23.7 Å². The molecule has 4 rings (SSSR count). The van der Waals surface area contributed by atoms with Crippen molar-refractivity contribution in [3.8, 4) is 0 Å². The monoisotopic (exact) mass is 388 g/mol. The lowest BCUT2D eigenvalue weighted by Gasteiger charge is -2.34. The molecule has 9 nitrogen and oxygen atoms in total. The maximum Gasteiger partial charge on any atom is 0.290 e. The highest BCUT2D eigenvalue weighted by Gasteiger charge is 2.28. The molecule has 10 heteroatoms. The number of amides is 2. The summed E-state index contributed by atoms with van der Waals surface area (Å²) in [5, 5.41) is 12.0. The number of benzene rings is 1. The van der Waals surface area contributed by atoms with E-state index in [4.69, 9.17) is 16.0 Å². The van der Waals surface area contributed by atoms with E-state index in [2.05, 4.69) is 15.5 Å². The van der Waals surface area contributed by atoms with Crippen molar-refractivity contribution in [2.75, 3.05) is 26.2 Å². The van der Waals surface area contributed by atoms with Gasteiger partial charge < -0.3 is 14.2 Å². The van der Waals surface area contributed by atoms with E-state index in [-0.39, 0.29) is 18.4 Å². The largest absolute Gasteiger partial charge is 0.449 e. The Labute approximate surface area is 159 Å². The van der Waals surface area contributed by atoms with Crippen molar-refractivity contribution in [1.29, 1.82) is 0 Å². The first kappa shape index (κ1) is 17.5. The van der Waals surface area contributed by atoms with Crippen LogP contribution < -0.4 is 0 Å². The van der Waals surface area contributed by atoms with Crippen molar-refractivity contribution in [3.63, 3.8) is 0 Å². The molecular formula is C17H17ClN6O3. The molecule has 0 radical (unpaired) electrons. The third-order valence-electron chi connectivity index (χ3n) is 4.72. The quantitative estimate of drug-likeness (QED) is 0.672. The number of hydrogen-bond donors (Lipinski definition) is 0. The Kier molecular flexibility index (Phi) is 4.53. The molecule has 1 aliphatic heterocycles. The molecule has 2 amide bonds. The van der Waals surface area contributed by atoms with Gasteiger partial charge in [-0.2, -0.15) is 0 Å². The number of fused-ring (bicyclic) bond motifs is 1. The molecule has 1 aliphatic rings. The molecule has 2 aromatic heterocycles. The molecule has 0 spiro atoms. The molecule has 0 saturated carbocycles. The second-order valence-corrected chi connectivity index (χ2v) is 6.76. The van der Waals surface area contributed by atoms with Gasteiger partial charge in [0.1, 0.15) is 12.9 Å². The zero-order valence-corrected chi connectivity index (χ0v) is 15.4. The van der Waals surface area contributed by atoms with Crippen LogP contribution in [-0.4, -0.2) is 68.0 Å². The zero-order chi connectivity index (χ0) is 19.0. The highest BCUT2D eigenvalue weighted by atomic mass is 35.5. The van der Waals surface area contributed by atoms with Crippen LogP contribution in [0.3, 0.4) is 0 Å². The number of aromatic nitrogens is 4. The van der Waals surface area contributed by atoms with Crippen molar-refractivity contribution < 1.29 is 14.0 Å². The molecule has 0 atom stereocenters. The lowest BCUT2D eigenvalue weighted by atomic mass is 10.1. The summed E-state index contributed by atoms with van der Waals surface area (Å²) < 4.78 is 7.14. The summed E-state index contributed by atoms with van der Waals surface area (Å²) in [7, 11) is 0. The van der Waals surface area contributed by atoms with Crippen LogP contribution in [0, 0.1) is 6.92 Å². The predicted molar refractivity (Wildman–Crippen MR) is 96.3 cm³/mol. The fraction of sp³-hybridized carbons (Fsp3) is 0.353. The molecule has 140 valence electrons. The molecule has 0 unspecified atom stereocenters. The first-order valence-electron chi connectivity index (χ1n) is 8.50. The zero-order valence-electron chi connectivity index (χ0n) is 14.6. The number of carbonyl (C=O) groups excluding carboxylic acids is 2.